The summed E-state index contributed by atoms with van der Waals surface area (Å²) in [5.74, 6) is 0. The molecule has 0 aliphatic rings. The number of nitrogens with two attached hydrogens (primary N) is 1. The van der Waals surface area contributed by atoms with Gasteiger partial charge in [-0.2, -0.15) is 0 Å². The van der Waals surface area contributed by atoms with Gasteiger partial charge in [-0.05, 0) is 18.2 Å². The quantitative estimate of drug-likeness (QED) is 0.724. The summed E-state index contributed by atoms with van der Waals surface area (Å²) in [6.45, 7) is 0. The summed E-state index contributed by atoms with van der Waals surface area (Å²) in [4.78, 5) is 8.59. The van der Waals surface area contributed by atoms with E-state index >= 15 is 0 Å². The molecule has 0 bridgehead atoms. The van der Waals surface area contributed by atoms with Crippen LogP contribution in [0.25, 0.3) is 22.2 Å². The van der Waals surface area contributed by atoms with Gasteiger partial charge in [0, 0.05) is 23.3 Å². The topological polar surface area (TPSA) is 51.8 Å². The second-order valence-corrected chi connectivity index (χ2v) is 4.44. The van der Waals surface area contributed by atoms with Crippen LogP contribution in [-0.2, 0) is 0 Å². The van der Waals surface area contributed by atoms with E-state index in [0.29, 0.717) is 10.7 Å². The van der Waals surface area contributed by atoms with Crippen molar-refractivity contribution in [3.05, 3.63) is 53.8 Å². The highest BCUT2D eigenvalue weighted by Crippen LogP contribution is 2.27. The van der Waals surface area contributed by atoms with Crippen molar-refractivity contribution in [1.29, 1.82) is 0 Å². The van der Waals surface area contributed by atoms with Crippen LogP contribution in [0.1, 0.15) is 0 Å². The maximum atomic E-state index is 5.93. The van der Waals surface area contributed by atoms with Crippen LogP contribution < -0.4 is 5.73 Å². The van der Waals surface area contributed by atoms with Crippen molar-refractivity contribution in [2.75, 3.05) is 5.73 Å². The molecule has 18 heavy (non-hydrogen) atoms. The molecule has 3 nitrogen and oxygen atoms in total. The number of aromatic nitrogens is 2. The molecular formula is C14H10ClN3. The molecule has 2 N–H and O–H groups in total. The Morgan fingerprint density at radius 1 is 1.06 bits per heavy atom. The zero-order valence-corrected chi connectivity index (χ0v) is 10.2. The van der Waals surface area contributed by atoms with Gasteiger partial charge in [0.05, 0.1) is 21.9 Å². The minimum atomic E-state index is 0.537. The predicted molar refractivity (Wildman–Crippen MR) is 74.4 cm³/mol. The zero-order chi connectivity index (χ0) is 12.5. The number of fused-ring (bicyclic) bond motifs is 1. The molecule has 1 aromatic carbocycles. The lowest BCUT2D eigenvalue weighted by molar-refractivity contribution is 1.33. The Labute approximate surface area is 109 Å². The highest BCUT2D eigenvalue weighted by molar-refractivity contribution is 6.30. The second kappa shape index (κ2) is 4.27. The van der Waals surface area contributed by atoms with Crippen LogP contribution in [0.15, 0.2) is 48.8 Å². The normalized spacial score (nSPS) is 10.7. The summed E-state index contributed by atoms with van der Waals surface area (Å²) in [6, 6.07) is 11.6. The Bertz CT molecular complexity index is 725. The van der Waals surface area contributed by atoms with Crippen molar-refractivity contribution < 1.29 is 0 Å². The van der Waals surface area contributed by atoms with Gasteiger partial charge in [0.15, 0.2) is 0 Å². The maximum absolute atomic E-state index is 5.93. The zero-order valence-electron chi connectivity index (χ0n) is 9.47. The number of pyridine rings is 2. The molecule has 0 spiro atoms. The van der Waals surface area contributed by atoms with Gasteiger partial charge in [-0.15, -0.1) is 0 Å². The van der Waals surface area contributed by atoms with Crippen molar-refractivity contribution in [1.82, 2.24) is 9.97 Å². The lowest BCUT2D eigenvalue weighted by atomic mass is 10.1. The minimum absolute atomic E-state index is 0.537. The van der Waals surface area contributed by atoms with Gasteiger partial charge in [0.1, 0.15) is 0 Å². The SMILES string of the molecule is Nc1cc(Cl)cnc1-c1ccc2cccnc2c1. The number of anilines is 1. The van der Waals surface area contributed by atoms with E-state index in [-0.39, 0.29) is 0 Å². The molecule has 0 unspecified atom stereocenters. The molecule has 3 aromatic rings. The smallest absolute Gasteiger partial charge is 0.0933 e. The average Bonchev–Trinajstić information content (AvgIpc) is 2.38. The molecule has 2 aromatic heterocycles. The minimum Gasteiger partial charge on any atom is -0.397 e. The van der Waals surface area contributed by atoms with Crippen LogP contribution in [0.2, 0.25) is 5.02 Å². The summed E-state index contributed by atoms with van der Waals surface area (Å²) in [5.41, 5.74) is 9.09. The molecule has 0 saturated carbocycles. The van der Waals surface area contributed by atoms with E-state index < -0.39 is 0 Å². The molecule has 0 aliphatic heterocycles. The Morgan fingerprint density at radius 3 is 2.78 bits per heavy atom. The molecule has 0 atom stereocenters. The third kappa shape index (κ3) is 1.89. The first-order chi connectivity index (χ1) is 8.74. The lowest BCUT2D eigenvalue weighted by Crippen LogP contribution is -1.93. The predicted octanol–water partition coefficient (Wildman–Crippen LogP) is 3.53. The van der Waals surface area contributed by atoms with Crippen LogP contribution in [0, 0.1) is 0 Å². The van der Waals surface area contributed by atoms with E-state index in [0.717, 1.165) is 22.2 Å². The molecule has 0 amide bonds. The van der Waals surface area contributed by atoms with Gasteiger partial charge in [-0.3, -0.25) is 9.97 Å². The van der Waals surface area contributed by atoms with Crippen molar-refractivity contribution in [3.8, 4) is 11.3 Å². The highest BCUT2D eigenvalue weighted by atomic mass is 35.5. The van der Waals surface area contributed by atoms with Gasteiger partial charge in [0.25, 0.3) is 0 Å². The third-order valence-electron chi connectivity index (χ3n) is 2.76. The fourth-order valence-electron chi connectivity index (χ4n) is 1.91. The lowest BCUT2D eigenvalue weighted by Gasteiger charge is -2.06. The van der Waals surface area contributed by atoms with E-state index in [1.807, 2.05) is 30.3 Å². The first-order valence-corrected chi connectivity index (χ1v) is 5.88. The summed E-state index contributed by atoms with van der Waals surface area (Å²) in [5, 5.41) is 1.63. The maximum Gasteiger partial charge on any atom is 0.0933 e. The van der Waals surface area contributed by atoms with Gasteiger partial charge < -0.3 is 5.73 Å². The van der Waals surface area contributed by atoms with E-state index in [9.17, 15) is 0 Å². The number of benzene rings is 1. The molecule has 3 rings (SSSR count). The third-order valence-corrected chi connectivity index (χ3v) is 2.97. The first-order valence-electron chi connectivity index (χ1n) is 5.50. The summed E-state index contributed by atoms with van der Waals surface area (Å²) < 4.78 is 0. The Hall–Kier alpha value is -2.13. The number of nitrogens with zero attached hydrogens (tertiary/aromatic N) is 2. The molecule has 0 aliphatic carbocycles. The second-order valence-electron chi connectivity index (χ2n) is 4.00. The summed E-state index contributed by atoms with van der Waals surface area (Å²) in [7, 11) is 0. The fraction of sp³-hybridized carbons (Fsp3) is 0. The number of nitrogen functional groups attached to an aromatic ring is 1. The Balaban J connectivity index is 2.19. The van der Waals surface area contributed by atoms with Crippen molar-refractivity contribution in [2.45, 2.75) is 0 Å². The largest absolute Gasteiger partial charge is 0.397 e. The van der Waals surface area contributed by atoms with Crippen molar-refractivity contribution >= 4 is 28.2 Å². The summed E-state index contributed by atoms with van der Waals surface area (Å²) in [6.07, 6.45) is 3.36. The van der Waals surface area contributed by atoms with Gasteiger partial charge in [0.2, 0.25) is 0 Å². The number of hydrogen-bond donors (Lipinski definition) is 1. The van der Waals surface area contributed by atoms with Crippen LogP contribution >= 0.6 is 11.6 Å². The van der Waals surface area contributed by atoms with Crippen molar-refractivity contribution in [3.63, 3.8) is 0 Å². The molecule has 0 fully saturated rings. The van der Waals surface area contributed by atoms with E-state index in [1.54, 1.807) is 18.5 Å². The van der Waals surface area contributed by atoms with Crippen LogP contribution in [0.5, 0.6) is 0 Å². The Kier molecular flexibility index (Phi) is 2.61. The van der Waals surface area contributed by atoms with E-state index in [4.69, 9.17) is 17.3 Å². The highest BCUT2D eigenvalue weighted by Gasteiger charge is 2.06. The molecule has 0 saturated heterocycles. The molecule has 4 heteroatoms. The standard InChI is InChI=1S/C14H10ClN3/c15-11-7-12(16)14(18-8-11)10-4-3-9-2-1-5-17-13(9)6-10/h1-8H,16H2. The van der Waals surface area contributed by atoms with Gasteiger partial charge >= 0.3 is 0 Å². The van der Waals surface area contributed by atoms with E-state index in [2.05, 4.69) is 9.97 Å². The molecule has 88 valence electrons. The first kappa shape index (κ1) is 11.0. The number of halogens is 1. The monoisotopic (exact) mass is 255 g/mol. The molecule has 0 radical (unpaired) electrons. The van der Waals surface area contributed by atoms with Crippen LogP contribution in [0.3, 0.4) is 0 Å². The molecule has 2 heterocycles. The van der Waals surface area contributed by atoms with Crippen LogP contribution in [-0.4, -0.2) is 9.97 Å². The molecular weight excluding hydrogens is 246 g/mol. The van der Waals surface area contributed by atoms with Crippen LogP contribution in [0.4, 0.5) is 5.69 Å². The number of rotatable bonds is 1. The summed E-state index contributed by atoms with van der Waals surface area (Å²) >= 11 is 5.84. The average molecular weight is 256 g/mol. The Morgan fingerprint density at radius 2 is 1.94 bits per heavy atom. The van der Waals surface area contributed by atoms with Gasteiger partial charge in [-0.25, -0.2) is 0 Å². The number of hydrogen-bond acceptors (Lipinski definition) is 3. The fourth-order valence-corrected chi connectivity index (χ4v) is 2.08. The van der Waals surface area contributed by atoms with E-state index in [1.165, 1.54) is 0 Å². The van der Waals surface area contributed by atoms with Gasteiger partial charge in [-0.1, -0.05) is 29.8 Å². The van der Waals surface area contributed by atoms with Crippen molar-refractivity contribution in [2.24, 2.45) is 0 Å².